The summed E-state index contributed by atoms with van der Waals surface area (Å²) in [5, 5.41) is 16.9. The monoisotopic (exact) mass is 182 g/mol. The Morgan fingerprint density at radius 2 is 2.54 bits per heavy atom. The second-order valence-electron chi connectivity index (χ2n) is 2.63. The lowest BCUT2D eigenvalue weighted by Gasteiger charge is -2.29. The van der Waals surface area contributed by atoms with E-state index in [0.29, 0.717) is 19.7 Å². The van der Waals surface area contributed by atoms with Crippen LogP contribution in [0.15, 0.2) is 12.2 Å². The largest absolute Gasteiger partial charge is 0.465 e. The van der Waals surface area contributed by atoms with Crippen molar-refractivity contribution in [3.05, 3.63) is 12.2 Å². The molecule has 1 saturated heterocycles. The molecule has 0 saturated carbocycles. The number of morpholine rings is 1. The van der Waals surface area contributed by atoms with Crippen molar-refractivity contribution in [1.82, 2.24) is 4.90 Å². The standard InChI is InChI=1S/C8H10N2O3/c9-3-1-2-7-6-10(8(11)12)4-5-13-7/h1-2,7H,4-6H2,(H,11,12)/b2-1+/t7-/m1/s1. The van der Waals surface area contributed by atoms with Crippen LogP contribution in [0.25, 0.3) is 0 Å². The van der Waals surface area contributed by atoms with Crippen molar-refractivity contribution in [3.63, 3.8) is 0 Å². The van der Waals surface area contributed by atoms with Gasteiger partial charge in [-0.2, -0.15) is 5.26 Å². The molecule has 1 heterocycles. The average molecular weight is 182 g/mol. The molecule has 1 aliphatic rings. The molecule has 5 heteroatoms. The molecule has 1 atom stereocenters. The summed E-state index contributed by atoms with van der Waals surface area (Å²) >= 11 is 0. The van der Waals surface area contributed by atoms with E-state index in [9.17, 15) is 4.79 Å². The van der Waals surface area contributed by atoms with Gasteiger partial charge in [0.15, 0.2) is 0 Å². The number of nitrogens with zero attached hydrogens (tertiary/aromatic N) is 2. The van der Waals surface area contributed by atoms with Crippen LogP contribution in [0.3, 0.4) is 0 Å². The summed E-state index contributed by atoms with van der Waals surface area (Å²) in [6.45, 7) is 1.08. The summed E-state index contributed by atoms with van der Waals surface area (Å²) in [7, 11) is 0. The van der Waals surface area contributed by atoms with Gasteiger partial charge in [-0.25, -0.2) is 4.79 Å². The lowest BCUT2D eigenvalue weighted by molar-refractivity contribution is 0.00211. The number of hydrogen-bond acceptors (Lipinski definition) is 3. The highest BCUT2D eigenvalue weighted by molar-refractivity contribution is 5.65. The Balaban J connectivity index is 2.47. The van der Waals surface area contributed by atoms with Crippen molar-refractivity contribution in [1.29, 1.82) is 5.26 Å². The Hall–Kier alpha value is -1.54. The first kappa shape index (κ1) is 9.55. The van der Waals surface area contributed by atoms with Gasteiger partial charge in [-0.15, -0.1) is 0 Å². The van der Waals surface area contributed by atoms with E-state index < -0.39 is 6.09 Å². The van der Waals surface area contributed by atoms with E-state index in [1.54, 1.807) is 6.08 Å². The zero-order valence-electron chi connectivity index (χ0n) is 7.01. The van der Waals surface area contributed by atoms with E-state index in [0.717, 1.165) is 0 Å². The van der Waals surface area contributed by atoms with E-state index in [4.69, 9.17) is 15.1 Å². The summed E-state index contributed by atoms with van der Waals surface area (Å²) < 4.78 is 5.22. The molecule has 0 bridgehead atoms. The SMILES string of the molecule is N#C/C=C/[C@@H]1CN(C(=O)O)CCO1. The molecule has 0 aromatic rings. The van der Waals surface area contributed by atoms with E-state index in [1.807, 2.05) is 6.07 Å². The van der Waals surface area contributed by atoms with Crippen molar-refractivity contribution >= 4 is 6.09 Å². The Labute approximate surface area is 75.8 Å². The van der Waals surface area contributed by atoms with Crippen LogP contribution in [0, 0.1) is 11.3 Å². The molecular formula is C8H10N2O3. The predicted molar refractivity (Wildman–Crippen MR) is 44.1 cm³/mol. The van der Waals surface area contributed by atoms with Crippen molar-refractivity contribution in [2.24, 2.45) is 0 Å². The number of carbonyl (C=O) groups is 1. The van der Waals surface area contributed by atoms with Gasteiger partial charge in [-0.1, -0.05) is 0 Å². The van der Waals surface area contributed by atoms with Gasteiger partial charge in [-0.3, -0.25) is 0 Å². The van der Waals surface area contributed by atoms with Crippen LogP contribution in [0.4, 0.5) is 4.79 Å². The lowest BCUT2D eigenvalue weighted by atomic mass is 10.2. The maximum atomic E-state index is 10.6. The number of amides is 1. The minimum atomic E-state index is -0.946. The normalized spacial score (nSPS) is 23.0. The topological polar surface area (TPSA) is 73.6 Å². The molecule has 13 heavy (non-hydrogen) atoms. The fourth-order valence-electron chi connectivity index (χ4n) is 1.12. The molecule has 0 aliphatic carbocycles. The predicted octanol–water partition coefficient (Wildman–Crippen LogP) is 0.445. The summed E-state index contributed by atoms with van der Waals surface area (Å²) in [6, 6.07) is 1.83. The fourth-order valence-corrected chi connectivity index (χ4v) is 1.12. The first-order valence-electron chi connectivity index (χ1n) is 3.90. The second kappa shape index (κ2) is 4.48. The van der Waals surface area contributed by atoms with E-state index in [2.05, 4.69) is 0 Å². The van der Waals surface area contributed by atoms with E-state index >= 15 is 0 Å². The number of allylic oxidation sites excluding steroid dienone is 1. The minimum Gasteiger partial charge on any atom is -0.465 e. The first-order chi connectivity index (χ1) is 6.24. The van der Waals surface area contributed by atoms with E-state index in [1.165, 1.54) is 11.0 Å². The minimum absolute atomic E-state index is 0.288. The Kier molecular flexibility index (Phi) is 3.29. The van der Waals surface area contributed by atoms with Gasteiger partial charge >= 0.3 is 6.09 Å². The van der Waals surface area contributed by atoms with Crippen molar-refractivity contribution in [2.45, 2.75) is 6.10 Å². The zero-order chi connectivity index (χ0) is 9.68. The van der Waals surface area contributed by atoms with E-state index in [-0.39, 0.29) is 6.10 Å². The zero-order valence-corrected chi connectivity index (χ0v) is 7.01. The second-order valence-corrected chi connectivity index (χ2v) is 2.63. The fraction of sp³-hybridized carbons (Fsp3) is 0.500. The third kappa shape index (κ3) is 2.76. The molecule has 1 amide bonds. The number of rotatable bonds is 1. The molecule has 0 radical (unpaired) electrons. The quantitative estimate of drug-likeness (QED) is 0.597. The first-order valence-corrected chi connectivity index (χ1v) is 3.90. The van der Waals surface area contributed by atoms with Crippen LogP contribution < -0.4 is 0 Å². The Morgan fingerprint density at radius 1 is 1.77 bits per heavy atom. The van der Waals surface area contributed by atoms with Gasteiger partial charge in [-0.05, 0) is 6.08 Å². The van der Waals surface area contributed by atoms with Gasteiger partial charge in [0.25, 0.3) is 0 Å². The molecule has 5 nitrogen and oxygen atoms in total. The van der Waals surface area contributed by atoms with Crippen molar-refractivity contribution in [2.75, 3.05) is 19.7 Å². The molecule has 0 unspecified atom stereocenters. The number of carboxylic acid groups (broad SMARTS) is 1. The van der Waals surface area contributed by atoms with Gasteiger partial charge in [0.2, 0.25) is 0 Å². The molecule has 0 aromatic carbocycles. The highest BCUT2D eigenvalue weighted by Gasteiger charge is 2.21. The highest BCUT2D eigenvalue weighted by Crippen LogP contribution is 2.06. The lowest BCUT2D eigenvalue weighted by Crippen LogP contribution is -2.44. The highest BCUT2D eigenvalue weighted by atomic mass is 16.5. The summed E-state index contributed by atoms with van der Waals surface area (Å²) in [5.74, 6) is 0. The van der Waals surface area contributed by atoms with Gasteiger partial charge in [0, 0.05) is 12.6 Å². The summed E-state index contributed by atoms with van der Waals surface area (Å²) in [4.78, 5) is 11.8. The van der Waals surface area contributed by atoms with Crippen molar-refractivity contribution < 1.29 is 14.6 Å². The van der Waals surface area contributed by atoms with Crippen LogP contribution in [0.2, 0.25) is 0 Å². The molecule has 1 N–H and O–H groups in total. The van der Waals surface area contributed by atoms with Crippen LogP contribution >= 0.6 is 0 Å². The number of ether oxygens (including phenoxy) is 1. The maximum absolute atomic E-state index is 10.6. The molecule has 1 rings (SSSR count). The molecule has 70 valence electrons. The number of hydrogen-bond donors (Lipinski definition) is 1. The van der Waals surface area contributed by atoms with Crippen LogP contribution in [-0.2, 0) is 4.74 Å². The molecular weight excluding hydrogens is 172 g/mol. The molecule has 1 fully saturated rings. The smallest absolute Gasteiger partial charge is 0.407 e. The molecule has 0 spiro atoms. The van der Waals surface area contributed by atoms with Crippen molar-refractivity contribution in [3.8, 4) is 6.07 Å². The molecule has 0 aromatic heterocycles. The average Bonchev–Trinajstić information content (AvgIpc) is 2.15. The summed E-state index contributed by atoms with van der Waals surface area (Å²) in [5.41, 5.74) is 0. The number of nitriles is 1. The van der Waals surface area contributed by atoms with Crippen LogP contribution in [-0.4, -0.2) is 41.9 Å². The van der Waals surface area contributed by atoms with Crippen LogP contribution in [0.5, 0.6) is 0 Å². The maximum Gasteiger partial charge on any atom is 0.407 e. The van der Waals surface area contributed by atoms with Gasteiger partial charge < -0.3 is 14.7 Å². The van der Waals surface area contributed by atoms with Gasteiger partial charge in [0.1, 0.15) is 0 Å². The van der Waals surface area contributed by atoms with Crippen LogP contribution in [0.1, 0.15) is 0 Å². The summed E-state index contributed by atoms with van der Waals surface area (Å²) in [6.07, 6.45) is 1.63. The molecule has 1 aliphatic heterocycles. The third-order valence-corrected chi connectivity index (χ3v) is 1.75. The van der Waals surface area contributed by atoms with Gasteiger partial charge in [0.05, 0.1) is 25.3 Å². The third-order valence-electron chi connectivity index (χ3n) is 1.75. The Bertz CT molecular complexity index is 257. The Morgan fingerprint density at radius 3 is 3.15 bits per heavy atom.